The van der Waals surface area contributed by atoms with E-state index in [1.54, 1.807) is 0 Å². The summed E-state index contributed by atoms with van der Waals surface area (Å²) >= 11 is 3.42. The molecule has 1 atom stereocenters. The minimum absolute atomic E-state index is 0.570. The van der Waals surface area contributed by atoms with E-state index in [9.17, 15) is 0 Å². The molecule has 0 saturated carbocycles. The molecule has 3 heteroatoms. The first-order valence-corrected chi connectivity index (χ1v) is 6.36. The van der Waals surface area contributed by atoms with Crippen LogP contribution in [0.3, 0.4) is 0 Å². The normalized spacial score (nSPS) is 20.5. The third kappa shape index (κ3) is 3.21. The molecule has 0 bridgehead atoms. The molecule has 2 rings (SSSR count). The van der Waals surface area contributed by atoms with Crippen molar-refractivity contribution >= 4 is 15.9 Å². The van der Waals surface area contributed by atoms with Crippen LogP contribution >= 0.6 is 15.9 Å². The van der Waals surface area contributed by atoms with Gasteiger partial charge in [0.2, 0.25) is 0 Å². The zero-order chi connectivity index (χ0) is 10.5. The summed E-state index contributed by atoms with van der Waals surface area (Å²) in [5.41, 5.74) is 1.27. The summed E-state index contributed by atoms with van der Waals surface area (Å²) in [4.78, 5) is 0. The van der Waals surface area contributed by atoms with Gasteiger partial charge in [0.25, 0.3) is 0 Å². The maximum Gasteiger partial charge on any atom is 0.119 e. The number of hydrogen-bond donors (Lipinski definition) is 0. The first-order chi connectivity index (χ1) is 7.38. The molecule has 1 aliphatic heterocycles. The van der Waals surface area contributed by atoms with E-state index in [-0.39, 0.29) is 0 Å². The van der Waals surface area contributed by atoms with Crippen molar-refractivity contribution in [1.82, 2.24) is 0 Å². The molecule has 82 valence electrons. The standard InChI is InChI=1S/C12H15BrO2/c13-7-10-1-3-12(4-2-10)15-9-11-5-6-14-8-11/h1-4,11H,5-9H2. The van der Waals surface area contributed by atoms with Gasteiger partial charge in [-0.15, -0.1) is 0 Å². The van der Waals surface area contributed by atoms with Crippen molar-refractivity contribution in [2.75, 3.05) is 19.8 Å². The maximum absolute atomic E-state index is 5.69. The van der Waals surface area contributed by atoms with Crippen molar-refractivity contribution in [2.45, 2.75) is 11.8 Å². The molecule has 1 aromatic rings. The second-order valence-corrected chi connectivity index (χ2v) is 4.38. The van der Waals surface area contributed by atoms with E-state index in [0.717, 1.165) is 37.3 Å². The van der Waals surface area contributed by atoms with Gasteiger partial charge in [-0.3, -0.25) is 0 Å². The lowest BCUT2D eigenvalue weighted by atomic mass is 10.1. The molecule has 1 saturated heterocycles. The van der Waals surface area contributed by atoms with Gasteiger partial charge >= 0.3 is 0 Å². The van der Waals surface area contributed by atoms with Crippen molar-refractivity contribution in [3.05, 3.63) is 29.8 Å². The van der Waals surface area contributed by atoms with Crippen molar-refractivity contribution in [1.29, 1.82) is 0 Å². The summed E-state index contributed by atoms with van der Waals surface area (Å²) in [5, 5.41) is 0.893. The van der Waals surface area contributed by atoms with Crippen LogP contribution in [-0.4, -0.2) is 19.8 Å². The molecule has 15 heavy (non-hydrogen) atoms. The van der Waals surface area contributed by atoms with E-state index < -0.39 is 0 Å². The Labute approximate surface area is 98.7 Å². The largest absolute Gasteiger partial charge is 0.493 e. The topological polar surface area (TPSA) is 18.5 Å². The Hall–Kier alpha value is -0.540. The minimum atomic E-state index is 0.570. The fourth-order valence-electron chi connectivity index (χ4n) is 1.60. The fourth-order valence-corrected chi connectivity index (χ4v) is 1.98. The monoisotopic (exact) mass is 270 g/mol. The summed E-state index contributed by atoms with van der Waals surface area (Å²) in [6.07, 6.45) is 1.12. The molecule has 2 nitrogen and oxygen atoms in total. The number of ether oxygens (including phenoxy) is 2. The Morgan fingerprint density at radius 3 is 2.73 bits per heavy atom. The van der Waals surface area contributed by atoms with E-state index in [4.69, 9.17) is 9.47 Å². The van der Waals surface area contributed by atoms with Gasteiger partial charge in [0.05, 0.1) is 13.2 Å². The lowest BCUT2D eigenvalue weighted by molar-refractivity contribution is 0.167. The lowest BCUT2D eigenvalue weighted by Gasteiger charge is -2.10. The molecule has 0 N–H and O–H groups in total. The second-order valence-electron chi connectivity index (χ2n) is 3.82. The number of alkyl halides is 1. The Kier molecular flexibility index (Phi) is 4.03. The zero-order valence-electron chi connectivity index (χ0n) is 8.62. The highest BCUT2D eigenvalue weighted by molar-refractivity contribution is 9.08. The zero-order valence-corrected chi connectivity index (χ0v) is 10.2. The first-order valence-electron chi connectivity index (χ1n) is 5.24. The minimum Gasteiger partial charge on any atom is -0.493 e. The molecule has 1 fully saturated rings. The molecular weight excluding hydrogens is 256 g/mol. The van der Waals surface area contributed by atoms with E-state index >= 15 is 0 Å². The molecule has 1 aliphatic rings. The molecule has 0 amide bonds. The van der Waals surface area contributed by atoms with Crippen LogP contribution in [0.25, 0.3) is 0 Å². The van der Waals surface area contributed by atoms with E-state index in [0.29, 0.717) is 5.92 Å². The predicted molar refractivity (Wildman–Crippen MR) is 63.5 cm³/mol. The molecular formula is C12H15BrO2. The molecule has 1 heterocycles. The highest BCUT2D eigenvalue weighted by Gasteiger charge is 2.15. The van der Waals surface area contributed by atoms with Gasteiger partial charge in [-0.25, -0.2) is 0 Å². The molecule has 0 spiro atoms. The van der Waals surface area contributed by atoms with E-state index in [2.05, 4.69) is 28.1 Å². The van der Waals surface area contributed by atoms with Crippen molar-refractivity contribution in [3.63, 3.8) is 0 Å². The maximum atomic E-state index is 5.69. The highest BCUT2D eigenvalue weighted by Crippen LogP contribution is 2.17. The van der Waals surface area contributed by atoms with Gasteiger partial charge in [0, 0.05) is 17.9 Å². The number of halogens is 1. The lowest BCUT2D eigenvalue weighted by Crippen LogP contribution is -2.11. The van der Waals surface area contributed by atoms with E-state index in [1.807, 2.05) is 12.1 Å². The summed E-state index contributed by atoms with van der Waals surface area (Å²) in [7, 11) is 0. The van der Waals surface area contributed by atoms with Gasteiger partial charge in [0.1, 0.15) is 5.75 Å². The van der Waals surface area contributed by atoms with Crippen LogP contribution in [0.4, 0.5) is 0 Å². The Balaban J connectivity index is 1.82. The van der Waals surface area contributed by atoms with Crippen LogP contribution in [0.2, 0.25) is 0 Å². The van der Waals surface area contributed by atoms with Gasteiger partial charge in [-0.05, 0) is 24.1 Å². The average molecular weight is 271 g/mol. The van der Waals surface area contributed by atoms with Gasteiger partial charge < -0.3 is 9.47 Å². The number of benzene rings is 1. The molecule has 0 aromatic heterocycles. The second kappa shape index (κ2) is 5.52. The van der Waals surface area contributed by atoms with E-state index in [1.165, 1.54) is 5.56 Å². The Morgan fingerprint density at radius 2 is 2.13 bits per heavy atom. The molecule has 1 unspecified atom stereocenters. The van der Waals surface area contributed by atoms with Crippen molar-refractivity contribution in [3.8, 4) is 5.75 Å². The first kappa shape index (κ1) is 11.0. The predicted octanol–water partition coefficient (Wildman–Crippen LogP) is 3.00. The van der Waals surface area contributed by atoms with Crippen LogP contribution in [0.1, 0.15) is 12.0 Å². The van der Waals surface area contributed by atoms with Crippen LogP contribution in [0.5, 0.6) is 5.75 Å². The number of rotatable bonds is 4. The highest BCUT2D eigenvalue weighted by atomic mass is 79.9. The Morgan fingerprint density at radius 1 is 1.33 bits per heavy atom. The van der Waals surface area contributed by atoms with Gasteiger partial charge in [-0.1, -0.05) is 28.1 Å². The van der Waals surface area contributed by atoms with Crippen LogP contribution in [-0.2, 0) is 10.1 Å². The quantitative estimate of drug-likeness (QED) is 0.784. The summed E-state index contributed by atoms with van der Waals surface area (Å²) < 4.78 is 11.0. The van der Waals surface area contributed by atoms with Gasteiger partial charge in [0.15, 0.2) is 0 Å². The van der Waals surface area contributed by atoms with Gasteiger partial charge in [-0.2, -0.15) is 0 Å². The third-order valence-electron chi connectivity index (χ3n) is 2.59. The smallest absolute Gasteiger partial charge is 0.119 e. The fraction of sp³-hybridized carbons (Fsp3) is 0.500. The SMILES string of the molecule is BrCc1ccc(OCC2CCOC2)cc1. The Bertz CT molecular complexity index is 291. The molecule has 1 aromatic carbocycles. The van der Waals surface area contributed by atoms with Crippen molar-refractivity contribution < 1.29 is 9.47 Å². The van der Waals surface area contributed by atoms with Crippen LogP contribution < -0.4 is 4.74 Å². The summed E-state index contributed by atoms with van der Waals surface area (Å²) in [5.74, 6) is 1.52. The van der Waals surface area contributed by atoms with Crippen molar-refractivity contribution in [2.24, 2.45) is 5.92 Å². The molecule has 0 aliphatic carbocycles. The third-order valence-corrected chi connectivity index (χ3v) is 3.23. The summed E-state index contributed by atoms with van der Waals surface area (Å²) in [6, 6.07) is 8.20. The van der Waals surface area contributed by atoms with Crippen LogP contribution in [0, 0.1) is 5.92 Å². The number of hydrogen-bond acceptors (Lipinski definition) is 2. The average Bonchev–Trinajstić information content (AvgIpc) is 2.80. The van der Waals surface area contributed by atoms with Crippen LogP contribution in [0.15, 0.2) is 24.3 Å². The summed E-state index contributed by atoms with van der Waals surface area (Å²) in [6.45, 7) is 2.50. The molecule has 0 radical (unpaired) electrons.